The molecule has 1 rings (SSSR count). The van der Waals surface area contributed by atoms with Gasteiger partial charge in [0, 0.05) is 16.9 Å². The monoisotopic (exact) mass is 246 g/mol. The highest BCUT2D eigenvalue weighted by Gasteiger charge is 2.10. The normalized spacial score (nSPS) is 10.2. The van der Waals surface area contributed by atoms with Gasteiger partial charge < -0.3 is 0 Å². The number of hydrogen-bond acceptors (Lipinski definition) is 2. The average Bonchev–Trinajstić information content (AvgIpc) is 2.30. The lowest BCUT2D eigenvalue weighted by molar-refractivity contribution is 0.0981. The van der Waals surface area contributed by atoms with Crippen LogP contribution in [0.4, 0.5) is 0 Å². The Balaban J connectivity index is 2.87. The van der Waals surface area contributed by atoms with Crippen LogP contribution in [0.3, 0.4) is 0 Å². The van der Waals surface area contributed by atoms with Crippen molar-refractivity contribution in [2.45, 2.75) is 26.7 Å². The van der Waals surface area contributed by atoms with Crippen molar-refractivity contribution in [3.05, 3.63) is 20.3 Å². The van der Waals surface area contributed by atoms with Crippen molar-refractivity contribution in [1.82, 2.24) is 0 Å². The summed E-state index contributed by atoms with van der Waals surface area (Å²) in [6.45, 7) is 4.01. The zero-order chi connectivity index (χ0) is 9.14. The molecule has 0 saturated carbocycles. The van der Waals surface area contributed by atoms with Gasteiger partial charge in [-0.1, -0.05) is 6.92 Å². The number of thiophene rings is 1. The standard InChI is InChI=1S/C9H11BrOS/c1-3-4-8(11)7-5-9(10)12-6(7)2/h5H,3-4H2,1-2H3. The molecule has 0 amide bonds. The molecule has 0 bridgehead atoms. The highest BCUT2D eigenvalue weighted by molar-refractivity contribution is 9.11. The molecule has 1 aromatic rings. The van der Waals surface area contributed by atoms with Crippen molar-refractivity contribution in [3.8, 4) is 0 Å². The Morgan fingerprint density at radius 2 is 2.33 bits per heavy atom. The first-order valence-corrected chi connectivity index (χ1v) is 5.55. The zero-order valence-electron chi connectivity index (χ0n) is 7.19. The van der Waals surface area contributed by atoms with Gasteiger partial charge in [0.25, 0.3) is 0 Å². The Hall–Kier alpha value is -0.150. The molecule has 0 atom stereocenters. The minimum atomic E-state index is 0.261. The molecule has 0 unspecified atom stereocenters. The van der Waals surface area contributed by atoms with E-state index in [1.165, 1.54) is 0 Å². The Morgan fingerprint density at radius 1 is 1.67 bits per heavy atom. The minimum Gasteiger partial charge on any atom is -0.294 e. The second-order valence-corrected chi connectivity index (χ2v) is 5.33. The second-order valence-electron chi connectivity index (χ2n) is 2.69. The molecule has 0 saturated heterocycles. The molecule has 12 heavy (non-hydrogen) atoms. The summed E-state index contributed by atoms with van der Waals surface area (Å²) in [4.78, 5) is 12.6. The van der Waals surface area contributed by atoms with Crippen LogP contribution < -0.4 is 0 Å². The zero-order valence-corrected chi connectivity index (χ0v) is 9.59. The molecule has 66 valence electrons. The Labute approximate surface area is 84.9 Å². The molecule has 0 spiro atoms. The fourth-order valence-electron chi connectivity index (χ4n) is 1.08. The van der Waals surface area contributed by atoms with Crippen LogP contribution in [0.25, 0.3) is 0 Å². The van der Waals surface area contributed by atoms with Crippen LogP contribution in [0.5, 0.6) is 0 Å². The van der Waals surface area contributed by atoms with Crippen LogP contribution in [-0.2, 0) is 0 Å². The van der Waals surface area contributed by atoms with E-state index < -0.39 is 0 Å². The number of aryl methyl sites for hydroxylation is 1. The first-order valence-electron chi connectivity index (χ1n) is 3.94. The molecule has 0 radical (unpaired) electrons. The van der Waals surface area contributed by atoms with Crippen LogP contribution in [0.2, 0.25) is 0 Å². The van der Waals surface area contributed by atoms with Crippen LogP contribution in [-0.4, -0.2) is 5.78 Å². The van der Waals surface area contributed by atoms with E-state index in [9.17, 15) is 4.79 Å². The summed E-state index contributed by atoms with van der Waals surface area (Å²) in [5.74, 6) is 0.261. The van der Waals surface area contributed by atoms with E-state index in [-0.39, 0.29) is 5.78 Å². The summed E-state index contributed by atoms with van der Waals surface area (Å²) < 4.78 is 1.04. The molecule has 0 aliphatic heterocycles. The third kappa shape index (κ3) is 2.17. The highest BCUT2D eigenvalue weighted by Crippen LogP contribution is 2.27. The topological polar surface area (TPSA) is 17.1 Å². The van der Waals surface area contributed by atoms with Crippen molar-refractivity contribution in [3.63, 3.8) is 0 Å². The van der Waals surface area contributed by atoms with E-state index in [2.05, 4.69) is 15.9 Å². The van der Waals surface area contributed by atoms with E-state index in [0.29, 0.717) is 6.42 Å². The van der Waals surface area contributed by atoms with Crippen LogP contribution in [0, 0.1) is 6.92 Å². The van der Waals surface area contributed by atoms with E-state index in [4.69, 9.17) is 0 Å². The van der Waals surface area contributed by atoms with Crippen molar-refractivity contribution >= 4 is 33.0 Å². The van der Waals surface area contributed by atoms with Gasteiger partial charge in [0.2, 0.25) is 0 Å². The van der Waals surface area contributed by atoms with Gasteiger partial charge in [-0.05, 0) is 35.3 Å². The summed E-state index contributed by atoms with van der Waals surface area (Å²) in [5, 5.41) is 0. The number of carbonyl (C=O) groups is 1. The van der Waals surface area contributed by atoms with Gasteiger partial charge in [0.1, 0.15) is 0 Å². The van der Waals surface area contributed by atoms with Crippen molar-refractivity contribution in [2.24, 2.45) is 0 Å². The summed E-state index contributed by atoms with van der Waals surface area (Å²) >= 11 is 4.99. The van der Waals surface area contributed by atoms with Crippen molar-refractivity contribution < 1.29 is 4.79 Å². The molecule has 0 fully saturated rings. The number of ketones is 1. The molecular weight excluding hydrogens is 236 g/mol. The van der Waals surface area contributed by atoms with E-state index in [1.807, 2.05) is 19.9 Å². The number of carbonyl (C=O) groups excluding carboxylic acids is 1. The first kappa shape index (κ1) is 9.93. The molecule has 0 aromatic carbocycles. The van der Waals surface area contributed by atoms with Gasteiger partial charge in [0.15, 0.2) is 5.78 Å². The molecular formula is C9H11BrOS. The Bertz CT molecular complexity index is 291. The summed E-state index contributed by atoms with van der Waals surface area (Å²) in [5.41, 5.74) is 0.883. The second kappa shape index (κ2) is 4.19. The lowest BCUT2D eigenvalue weighted by Crippen LogP contribution is -1.97. The number of rotatable bonds is 3. The van der Waals surface area contributed by atoms with Crippen LogP contribution >= 0.6 is 27.3 Å². The predicted octanol–water partition coefficient (Wildman–Crippen LogP) is 3.80. The average molecular weight is 247 g/mol. The highest BCUT2D eigenvalue weighted by atomic mass is 79.9. The molecule has 0 aliphatic rings. The Morgan fingerprint density at radius 3 is 2.75 bits per heavy atom. The smallest absolute Gasteiger partial charge is 0.164 e. The number of Topliss-reactive ketones (excluding diaryl/α,β-unsaturated/α-hetero) is 1. The SMILES string of the molecule is CCCC(=O)c1cc(Br)sc1C. The van der Waals surface area contributed by atoms with Crippen molar-refractivity contribution in [1.29, 1.82) is 0 Å². The third-order valence-corrected chi connectivity index (χ3v) is 3.22. The maximum Gasteiger partial charge on any atom is 0.164 e. The summed E-state index contributed by atoms with van der Waals surface area (Å²) in [6.07, 6.45) is 1.58. The van der Waals surface area contributed by atoms with E-state index in [1.54, 1.807) is 11.3 Å². The minimum absolute atomic E-state index is 0.261. The van der Waals surface area contributed by atoms with E-state index >= 15 is 0 Å². The summed E-state index contributed by atoms with van der Waals surface area (Å²) in [6, 6.07) is 1.91. The first-order chi connectivity index (χ1) is 5.65. The van der Waals surface area contributed by atoms with Gasteiger partial charge in [-0.25, -0.2) is 0 Å². The predicted molar refractivity (Wildman–Crippen MR) is 56.0 cm³/mol. The maximum atomic E-state index is 11.5. The number of hydrogen-bond donors (Lipinski definition) is 0. The molecule has 1 aromatic heterocycles. The van der Waals surface area contributed by atoms with Crippen LogP contribution in [0.1, 0.15) is 35.0 Å². The van der Waals surface area contributed by atoms with Gasteiger partial charge in [-0.3, -0.25) is 4.79 Å². The molecule has 3 heteroatoms. The molecule has 0 N–H and O–H groups in total. The fraction of sp³-hybridized carbons (Fsp3) is 0.444. The van der Waals surface area contributed by atoms with Crippen molar-refractivity contribution in [2.75, 3.05) is 0 Å². The van der Waals surface area contributed by atoms with Crippen LogP contribution in [0.15, 0.2) is 9.85 Å². The van der Waals surface area contributed by atoms with Gasteiger partial charge >= 0.3 is 0 Å². The van der Waals surface area contributed by atoms with Gasteiger partial charge in [0.05, 0.1) is 3.79 Å². The van der Waals surface area contributed by atoms with E-state index in [0.717, 1.165) is 20.6 Å². The number of halogens is 1. The lowest BCUT2D eigenvalue weighted by Gasteiger charge is -1.95. The van der Waals surface area contributed by atoms with Gasteiger partial charge in [-0.15, -0.1) is 11.3 Å². The largest absolute Gasteiger partial charge is 0.294 e. The fourth-order valence-corrected chi connectivity index (χ4v) is 2.79. The lowest BCUT2D eigenvalue weighted by atomic mass is 10.1. The quantitative estimate of drug-likeness (QED) is 0.742. The maximum absolute atomic E-state index is 11.5. The Kier molecular flexibility index (Phi) is 3.47. The molecule has 1 heterocycles. The molecule has 1 nitrogen and oxygen atoms in total. The summed E-state index contributed by atoms with van der Waals surface area (Å²) in [7, 11) is 0. The molecule has 0 aliphatic carbocycles. The third-order valence-electron chi connectivity index (χ3n) is 1.67. The van der Waals surface area contributed by atoms with Gasteiger partial charge in [-0.2, -0.15) is 0 Å².